The van der Waals surface area contributed by atoms with Gasteiger partial charge in [-0.3, -0.25) is 9.88 Å². The van der Waals surface area contributed by atoms with E-state index in [0.29, 0.717) is 17.5 Å². The minimum Gasteiger partial charge on any atom is -0.380 e. The SMILES string of the molecule is CC(C)N1CCC2(CC1)C[C@H](COCC1CC1)N(Cc1cccnc1)C2. The summed E-state index contributed by atoms with van der Waals surface area (Å²) < 4.78 is 6.14. The van der Waals surface area contributed by atoms with Crippen LogP contribution in [-0.2, 0) is 11.3 Å². The van der Waals surface area contributed by atoms with E-state index in [9.17, 15) is 0 Å². The van der Waals surface area contributed by atoms with Crippen molar-refractivity contribution in [2.45, 2.75) is 64.6 Å². The Kier molecular flexibility index (Phi) is 5.63. The molecule has 1 atom stereocenters. The number of likely N-dealkylation sites (tertiary alicyclic amines) is 2. The van der Waals surface area contributed by atoms with Crippen molar-refractivity contribution in [1.82, 2.24) is 14.8 Å². The highest BCUT2D eigenvalue weighted by molar-refractivity contribution is 5.10. The molecule has 144 valence electrons. The fourth-order valence-corrected chi connectivity index (χ4v) is 4.86. The Bertz CT molecular complexity index is 564. The van der Waals surface area contributed by atoms with Crippen molar-refractivity contribution in [1.29, 1.82) is 0 Å². The van der Waals surface area contributed by atoms with Crippen LogP contribution in [0.1, 0.15) is 51.5 Å². The van der Waals surface area contributed by atoms with Crippen LogP contribution in [0.4, 0.5) is 0 Å². The van der Waals surface area contributed by atoms with E-state index in [0.717, 1.165) is 25.7 Å². The first-order valence-electron chi connectivity index (χ1n) is 10.6. The molecule has 3 fully saturated rings. The third-order valence-corrected chi connectivity index (χ3v) is 6.78. The van der Waals surface area contributed by atoms with Gasteiger partial charge >= 0.3 is 0 Å². The van der Waals surface area contributed by atoms with Gasteiger partial charge < -0.3 is 9.64 Å². The van der Waals surface area contributed by atoms with Crippen LogP contribution in [0, 0.1) is 11.3 Å². The molecule has 0 unspecified atom stereocenters. The van der Waals surface area contributed by atoms with Gasteiger partial charge in [-0.05, 0) is 82.0 Å². The molecule has 3 aliphatic rings. The summed E-state index contributed by atoms with van der Waals surface area (Å²) in [5.41, 5.74) is 1.83. The molecule has 4 rings (SSSR count). The third-order valence-electron chi connectivity index (χ3n) is 6.78. The highest BCUT2D eigenvalue weighted by atomic mass is 16.5. The Hall–Kier alpha value is -0.970. The summed E-state index contributed by atoms with van der Waals surface area (Å²) in [5.74, 6) is 0.853. The smallest absolute Gasteiger partial charge is 0.0622 e. The summed E-state index contributed by atoms with van der Waals surface area (Å²) in [5, 5.41) is 0. The fraction of sp³-hybridized carbons (Fsp3) is 0.773. The first kappa shape index (κ1) is 18.4. The van der Waals surface area contributed by atoms with Crippen LogP contribution in [0.2, 0.25) is 0 Å². The molecule has 4 nitrogen and oxygen atoms in total. The lowest BCUT2D eigenvalue weighted by Crippen LogP contribution is -2.44. The molecule has 3 heterocycles. The number of hydrogen-bond acceptors (Lipinski definition) is 4. The molecular weight excluding hydrogens is 322 g/mol. The molecular formula is C22H35N3O. The van der Waals surface area contributed by atoms with Gasteiger partial charge in [0.2, 0.25) is 0 Å². The fourth-order valence-electron chi connectivity index (χ4n) is 4.86. The largest absolute Gasteiger partial charge is 0.380 e. The zero-order valence-electron chi connectivity index (χ0n) is 16.6. The summed E-state index contributed by atoms with van der Waals surface area (Å²) in [6.07, 6.45) is 10.6. The molecule has 26 heavy (non-hydrogen) atoms. The van der Waals surface area contributed by atoms with E-state index in [1.54, 1.807) is 0 Å². The van der Waals surface area contributed by atoms with Gasteiger partial charge in [0.25, 0.3) is 0 Å². The Morgan fingerprint density at radius 3 is 2.69 bits per heavy atom. The van der Waals surface area contributed by atoms with Crippen LogP contribution in [-0.4, -0.2) is 59.7 Å². The molecule has 2 saturated heterocycles. The van der Waals surface area contributed by atoms with Gasteiger partial charge in [0.15, 0.2) is 0 Å². The number of pyridine rings is 1. The predicted octanol–water partition coefficient (Wildman–Crippen LogP) is 3.57. The molecule has 1 aromatic rings. The molecule has 0 radical (unpaired) electrons. The maximum Gasteiger partial charge on any atom is 0.0622 e. The van der Waals surface area contributed by atoms with Gasteiger partial charge in [0, 0.05) is 44.2 Å². The van der Waals surface area contributed by atoms with Crippen LogP contribution >= 0.6 is 0 Å². The lowest BCUT2D eigenvalue weighted by molar-refractivity contribution is 0.0682. The van der Waals surface area contributed by atoms with Crippen molar-refractivity contribution in [3.63, 3.8) is 0 Å². The van der Waals surface area contributed by atoms with Gasteiger partial charge in [-0.25, -0.2) is 0 Å². The molecule has 1 spiro atoms. The van der Waals surface area contributed by atoms with E-state index in [-0.39, 0.29) is 0 Å². The number of rotatable bonds is 7. The zero-order chi connectivity index (χ0) is 18.0. The minimum absolute atomic E-state index is 0.501. The number of aromatic nitrogens is 1. The molecule has 4 heteroatoms. The summed E-state index contributed by atoms with van der Waals surface area (Å²) in [7, 11) is 0. The van der Waals surface area contributed by atoms with Gasteiger partial charge in [0.05, 0.1) is 6.61 Å². The average molecular weight is 358 g/mol. The second kappa shape index (κ2) is 7.95. The van der Waals surface area contributed by atoms with Crippen molar-refractivity contribution in [2.75, 3.05) is 32.8 Å². The van der Waals surface area contributed by atoms with Gasteiger partial charge in [-0.2, -0.15) is 0 Å². The van der Waals surface area contributed by atoms with Crippen LogP contribution < -0.4 is 0 Å². The molecule has 1 aliphatic carbocycles. The van der Waals surface area contributed by atoms with E-state index in [1.165, 1.54) is 57.3 Å². The summed E-state index contributed by atoms with van der Waals surface area (Å²) in [6.45, 7) is 11.3. The van der Waals surface area contributed by atoms with Crippen molar-refractivity contribution < 1.29 is 4.74 Å². The Balaban J connectivity index is 1.39. The van der Waals surface area contributed by atoms with E-state index >= 15 is 0 Å². The maximum absolute atomic E-state index is 6.14. The predicted molar refractivity (Wildman–Crippen MR) is 105 cm³/mol. The molecule has 1 aromatic heterocycles. The number of hydrogen-bond donors (Lipinski definition) is 0. The lowest BCUT2D eigenvalue weighted by Gasteiger charge is -2.41. The van der Waals surface area contributed by atoms with Crippen molar-refractivity contribution in [3.8, 4) is 0 Å². The summed E-state index contributed by atoms with van der Waals surface area (Å²) in [4.78, 5) is 9.65. The van der Waals surface area contributed by atoms with E-state index in [1.807, 2.05) is 12.4 Å². The highest BCUT2D eigenvalue weighted by Crippen LogP contribution is 2.44. The van der Waals surface area contributed by atoms with Crippen LogP contribution in [0.3, 0.4) is 0 Å². The minimum atomic E-state index is 0.501. The summed E-state index contributed by atoms with van der Waals surface area (Å²) in [6, 6.07) is 5.51. The Morgan fingerprint density at radius 1 is 1.23 bits per heavy atom. The second-order valence-electron chi connectivity index (χ2n) is 9.23. The topological polar surface area (TPSA) is 28.6 Å². The van der Waals surface area contributed by atoms with E-state index in [2.05, 4.69) is 40.8 Å². The number of nitrogens with zero attached hydrogens (tertiary/aromatic N) is 3. The quantitative estimate of drug-likeness (QED) is 0.746. The molecule has 0 amide bonds. The number of ether oxygens (including phenoxy) is 1. The number of piperidine rings is 1. The van der Waals surface area contributed by atoms with Crippen LogP contribution in [0.25, 0.3) is 0 Å². The average Bonchev–Trinajstić information content (AvgIpc) is 3.40. The van der Waals surface area contributed by atoms with Gasteiger partial charge in [-0.15, -0.1) is 0 Å². The standard InChI is InChI=1S/C22H35N3O/c1-18(2)24-10-7-22(8-11-24)12-21(16-26-15-19-5-6-19)25(17-22)14-20-4-3-9-23-13-20/h3-4,9,13,18-19,21H,5-8,10-12,14-17H2,1-2H3/t21-/m1/s1. The molecule has 1 saturated carbocycles. The Labute approximate surface area is 158 Å². The van der Waals surface area contributed by atoms with Crippen molar-refractivity contribution in [3.05, 3.63) is 30.1 Å². The molecule has 0 bridgehead atoms. The molecule has 2 aliphatic heterocycles. The lowest BCUT2D eigenvalue weighted by atomic mass is 9.76. The monoisotopic (exact) mass is 357 g/mol. The highest BCUT2D eigenvalue weighted by Gasteiger charge is 2.45. The third kappa shape index (κ3) is 4.47. The first-order chi connectivity index (χ1) is 12.6. The molecule has 0 aromatic carbocycles. The van der Waals surface area contributed by atoms with Crippen molar-refractivity contribution >= 4 is 0 Å². The maximum atomic E-state index is 6.14. The van der Waals surface area contributed by atoms with Crippen molar-refractivity contribution in [2.24, 2.45) is 11.3 Å². The first-order valence-corrected chi connectivity index (χ1v) is 10.6. The van der Waals surface area contributed by atoms with E-state index < -0.39 is 0 Å². The normalized spacial score (nSPS) is 26.8. The van der Waals surface area contributed by atoms with Gasteiger partial charge in [-0.1, -0.05) is 6.07 Å². The second-order valence-corrected chi connectivity index (χ2v) is 9.23. The van der Waals surface area contributed by atoms with Crippen LogP contribution in [0.5, 0.6) is 0 Å². The van der Waals surface area contributed by atoms with Crippen LogP contribution in [0.15, 0.2) is 24.5 Å². The summed E-state index contributed by atoms with van der Waals surface area (Å²) >= 11 is 0. The van der Waals surface area contributed by atoms with Gasteiger partial charge in [0.1, 0.15) is 0 Å². The zero-order valence-corrected chi connectivity index (χ0v) is 16.6. The van der Waals surface area contributed by atoms with E-state index in [4.69, 9.17) is 4.74 Å². The Morgan fingerprint density at radius 2 is 2.04 bits per heavy atom. The molecule has 0 N–H and O–H groups in total.